The molecule has 8 heteroatoms. The van der Waals surface area contributed by atoms with Crippen LogP contribution in [0.3, 0.4) is 0 Å². The summed E-state index contributed by atoms with van der Waals surface area (Å²) in [6, 6.07) is 18.5. The fraction of sp³-hybridized carbons (Fsp3) is 0.172. The average Bonchev–Trinajstić information content (AvgIpc) is 2.93. The minimum Gasteiger partial charge on any atom is -0.504 e. The molecule has 0 radical (unpaired) electrons. The molecule has 2 N–H and O–H groups in total. The molecule has 188 valence electrons. The van der Waals surface area contributed by atoms with Gasteiger partial charge < -0.3 is 15.2 Å². The summed E-state index contributed by atoms with van der Waals surface area (Å²) in [5.74, 6) is -0.570. The third kappa shape index (κ3) is 6.16. The molecule has 7 nitrogen and oxygen atoms in total. The lowest BCUT2D eigenvalue weighted by Crippen LogP contribution is -2.13. The van der Waals surface area contributed by atoms with Crippen LogP contribution in [-0.4, -0.2) is 40.5 Å². The number of hydrogen-bond acceptors (Lipinski definition) is 6. The zero-order valence-corrected chi connectivity index (χ0v) is 20.4. The zero-order valence-electron chi connectivity index (χ0n) is 20.4. The molecule has 37 heavy (non-hydrogen) atoms. The van der Waals surface area contributed by atoms with Gasteiger partial charge in [0.2, 0.25) is 0 Å². The first kappa shape index (κ1) is 25.5. The van der Waals surface area contributed by atoms with Crippen LogP contribution >= 0.6 is 0 Å². The third-order valence-corrected chi connectivity index (χ3v) is 5.96. The predicted molar refractivity (Wildman–Crippen MR) is 139 cm³/mol. The number of halogens is 1. The molecule has 0 fully saturated rings. The summed E-state index contributed by atoms with van der Waals surface area (Å²) in [6.45, 7) is 0.951. The summed E-state index contributed by atoms with van der Waals surface area (Å²) in [7, 11) is 1.49. The van der Waals surface area contributed by atoms with Gasteiger partial charge >= 0.3 is 0 Å². The number of carbonyl (C=O) groups is 2. The van der Waals surface area contributed by atoms with Crippen LogP contribution in [0.4, 0.5) is 10.1 Å². The molecule has 0 aliphatic rings. The average molecular weight is 500 g/mol. The van der Waals surface area contributed by atoms with Gasteiger partial charge in [-0.05, 0) is 60.4 Å². The number of nitrogens with one attached hydrogen (secondary N) is 1. The summed E-state index contributed by atoms with van der Waals surface area (Å²) in [4.78, 5) is 33.4. The molecular formula is C29H26FN3O4. The van der Waals surface area contributed by atoms with Gasteiger partial charge in [0.1, 0.15) is 0 Å². The number of benzene rings is 3. The number of phenolic OH excluding ortho intramolecular Hbond substituents is 1. The van der Waals surface area contributed by atoms with Crippen molar-refractivity contribution in [1.82, 2.24) is 9.97 Å². The molecule has 0 spiro atoms. The zero-order chi connectivity index (χ0) is 26.4. The Labute approximate surface area is 214 Å². The van der Waals surface area contributed by atoms with E-state index in [4.69, 9.17) is 9.72 Å². The second-order valence-electron chi connectivity index (χ2n) is 8.60. The Kier molecular flexibility index (Phi) is 7.88. The molecule has 1 amide bonds. The number of aromatic nitrogens is 2. The van der Waals surface area contributed by atoms with Crippen LogP contribution in [0.15, 0.2) is 79.1 Å². The number of alkyl halides is 1. The molecule has 0 aliphatic heterocycles. The molecule has 1 heterocycles. The molecule has 0 bridgehead atoms. The number of carbonyl (C=O) groups excluding carboxylic acids is 2. The van der Waals surface area contributed by atoms with Crippen molar-refractivity contribution in [3.8, 4) is 22.8 Å². The number of nitrogens with zero attached hydrogens (tertiary/aromatic N) is 2. The maximum atomic E-state index is 12.7. The van der Waals surface area contributed by atoms with Gasteiger partial charge in [-0.3, -0.25) is 14.6 Å². The van der Waals surface area contributed by atoms with Crippen molar-refractivity contribution in [2.75, 3.05) is 19.1 Å². The molecule has 1 atom stereocenters. The number of rotatable bonds is 9. The third-order valence-electron chi connectivity index (χ3n) is 5.96. The van der Waals surface area contributed by atoms with Crippen molar-refractivity contribution in [2.24, 2.45) is 0 Å². The van der Waals surface area contributed by atoms with Crippen molar-refractivity contribution >= 4 is 17.4 Å². The molecule has 0 saturated carbocycles. The smallest absolute Gasteiger partial charge is 0.255 e. The van der Waals surface area contributed by atoms with Crippen LogP contribution in [0.2, 0.25) is 0 Å². The normalized spacial score (nSPS) is 11.5. The summed E-state index contributed by atoms with van der Waals surface area (Å²) in [5.41, 5.74) is 4.27. The van der Waals surface area contributed by atoms with Gasteiger partial charge in [-0.25, -0.2) is 9.37 Å². The minimum atomic E-state index is -1.11. The standard InChI is InChI=1S/C29H26FN3O4/c1-18(11-24-16-31-17-25(32-24)20-9-10-26(34)28(14-20)37-2)19-5-4-8-23(13-19)33-29(36)22-7-3-6-21(12-22)27(35)15-30/h3-10,12-14,16-18,34H,11,15H2,1-2H3,(H,33,36)/t18-/m1/s1. The lowest BCUT2D eigenvalue weighted by atomic mass is 9.95. The molecule has 0 saturated heterocycles. The summed E-state index contributed by atoms with van der Waals surface area (Å²) in [6.07, 6.45) is 3.99. The van der Waals surface area contributed by atoms with Gasteiger partial charge in [0, 0.05) is 28.6 Å². The van der Waals surface area contributed by atoms with Crippen molar-refractivity contribution < 1.29 is 23.8 Å². The SMILES string of the molecule is COc1cc(-c2cncc(C[C@@H](C)c3cccc(NC(=O)c4cccc(C(=O)CF)c4)c3)n2)ccc1O. The van der Waals surface area contributed by atoms with Gasteiger partial charge in [-0.1, -0.05) is 31.2 Å². The highest BCUT2D eigenvalue weighted by molar-refractivity contribution is 6.06. The van der Waals surface area contributed by atoms with Gasteiger partial charge in [-0.2, -0.15) is 0 Å². The molecule has 3 aromatic carbocycles. The van der Waals surface area contributed by atoms with Crippen LogP contribution in [0.1, 0.15) is 44.8 Å². The quantitative estimate of drug-likeness (QED) is 0.290. The molecule has 0 aliphatic carbocycles. The second-order valence-corrected chi connectivity index (χ2v) is 8.60. The second kappa shape index (κ2) is 11.4. The van der Waals surface area contributed by atoms with Crippen LogP contribution in [0.25, 0.3) is 11.3 Å². The number of methoxy groups -OCH3 is 1. The van der Waals surface area contributed by atoms with E-state index in [0.29, 0.717) is 23.6 Å². The summed E-state index contributed by atoms with van der Waals surface area (Å²) < 4.78 is 17.9. The number of amides is 1. The van der Waals surface area contributed by atoms with Crippen molar-refractivity contribution in [3.05, 3.63) is 102 Å². The number of phenols is 1. The fourth-order valence-electron chi connectivity index (χ4n) is 3.95. The monoisotopic (exact) mass is 499 g/mol. The first-order chi connectivity index (χ1) is 17.9. The van der Waals surface area contributed by atoms with E-state index in [1.807, 2.05) is 18.2 Å². The Morgan fingerprint density at radius 2 is 1.81 bits per heavy atom. The Balaban J connectivity index is 1.47. The molecule has 4 aromatic rings. The van der Waals surface area contributed by atoms with Crippen molar-refractivity contribution in [1.29, 1.82) is 0 Å². The number of ketones is 1. The maximum absolute atomic E-state index is 12.7. The van der Waals surface area contributed by atoms with Crippen LogP contribution in [-0.2, 0) is 6.42 Å². The van der Waals surface area contributed by atoms with Gasteiger partial charge in [-0.15, -0.1) is 0 Å². The number of aromatic hydroxyl groups is 1. The van der Waals surface area contributed by atoms with E-state index in [-0.39, 0.29) is 28.7 Å². The van der Waals surface area contributed by atoms with Crippen molar-refractivity contribution in [2.45, 2.75) is 19.3 Å². The fourth-order valence-corrected chi connectivity index (χ4v) is 3.95. The highest BCUT2D eigenvalue weighted by Gasteiger charge is 2.14. The minimum absolute atomic E-state index is 0.0527. The molecular weight excluding hydrogens is 473 g/mol. The van der Waals surface area contributed by atoms with E-state index < -0.39 is 12.5 Å². The summed E-state index contributed by atoms with van der Waals surface area (Å²) >= 11 is 0. The number of anilines is 1. The Morgan fingerprint density at radius 3 is 2.59 bits per heavy atom. The Hall–Kier alpha value is -4.59. The van der Waals surface area contributed by atoms with E-state index in [0.717, 1.165) is 16.8 Å². The lowest BCUT2D eigenvalue weighted by molar-refractivity contribution is 0.0958. The Morgan fingerprint density at radius 1 is 1.03 bits per heavy atom. The maximum Gasteiger partial charge on any atom is 0.255 e. The van der Waals surface area contributed by atoms with Gasteiger partial charge in [0.15, 0.2) is 24.0 Å². The number of hydrogen-bond donors (Lipinski definition) is 2. The molecule has 4 rings (SSSR count). The predicted octanol–water partition coefficient (Wildman–Crippen LogP) is 5.61. The summed E-state index contributed by atoms with van der Waals surface area (Å²) in [5, 5.41) is 12.7. The first-order valence-corrected chi connectivity index (χ1v) is 11.7. The van der Waals surface area contributed by atoms with E-state index in [1.54, 1.807) is 48.8 Å². The van der Waals surface area contributed by atoms with E-state index in [2.05, 4.69) is 17.2 Å². The molecule has 1 aromatic heterocycles. The van der Waals surface area contributed by atoms with E-state index in [9.17, 15) is 19.1 Å². The number of ether oxygens (including phenoxy) is 1. The largest absolute Gasteiger partial charge is 0.504 e. The first-order valence-electron chi connectivity index (χ1n) is 11.7. The van der Waals surface area contributed by atoms with E-state index >= 15 is 0 Å². The topological polar surface area (TPSA) is 101 Å². The Bertz CT molecular complexity index is 1440. The molecule has 0 unspecified atom stereocenters. The van der Waals surface area contributed by atoms with Crippen molar-refractivity contribution in [3.63, 3.8) is 0 Å². The highest BCUT2D eigenvalue weighted by atomic mass is 19.1. The lowest BCUT2D eigenvalue weighted by Gasteiger charge is -2.14. The van der Waals surface area contributed by atoms with Gasteiger partial charge in [0.05, 0.1) is 24.7 Å². The van der Waals surface area contributed by atoms with Gasteiger partial charge in [0.25, 0.3) is 5.91 Å². The van der Waals surface area contributed by atoms with Crippen LogP contribution in [0.5, 0.6) is 11.5 Å². The highest BCUT2D eigenvalue weighted by Crippen LogP contribution is 2.31. The van der Waals surface area contributed by atoms with Crippen LogP contribution < -0.4 is 10.1 Å². The van der Waals surface area contributed by atoms with E-state index in [1.165, 1.54) is 19.2 Å². The number of Topliss-reactive ketones (excluding diaryl/α,β-unsaturated/α-hetero) is 1. The van der Waals surface area contributed by atoms with Crippen LogP contribution in [0, 0.1) is 0 Å².